The number of likely N-dealkylation sites (tertiary alicyclic amines) is 1. The molecule has 1 aromatic heterocycles. The van der Waals surface area contributed by atoms with Gasteiger partial charge >= 0.3 is 16.3 Å². The number of aromatic nitrogens is 2. The van der Waals surface area contributed by atoms with Crippen LogP contribution in [0.15, 0.2) is 30.6 Å². The van der Waals surface area contributed by atoms with Gasteiger partial charge in [0.25, 0.3) is 0 Å². The standard InChI is InChI=1S/C16H19N5O4S/c1-19-8-13(7-17-19)11-2-3-12-9-21(26(24,25)18-15(12)6-11)14-4-5-20(10-14)16(22)23/h2-3,6-8,14,18H,4-5,9-10H2,1H3,(H,22,23)/t14-/m1/s1. The van der Waals surface area contributed by atoms with Crippen LogP contribution >= 0.6 is 0 Å². The van der Waals surface area contributed by atoms with Gasteiger partial charge in [0.1, 0.15) is 0 Å². The van der Waals surface area contributed by atoms with Gasteiger partial charge in [-0.05, 0) is 23.6 Å². The topological polar surface area (TPSA) is 108 Å². The first-order valence-electron chi connectivity index (χ1n) is 8.23. The van der Waals surface area contributed by atoms with Gasteiger partial charge in [-0.25, -0.2) is 4.79 Å². The minimum atomic E-state index is -3.72. The number of fused-ring (bicyclic) bond motifs is 1. The number of hydrogen-bond acceptors (Lipinski definition) is 4. The van der Waals surface area contributed by atoms with Crippen molar-refractivity contribution in [3.63, 3.8) is 0 Å². The fourth-order valence-electron chi connectivity index (χ4n) is 3.49. The summed E-state index contributed by atoms with van der Waals surface area (Å²) >= 11 is 0. The molecule has 0 aliphatic carbocycles. The minimum absolute atomic E-state index is 0.194. The summed E-state index contributed by atoms with van der Waals surface area (Å²) in [6, 6.07) is 5.29. The highest BCUT2D eigenvalue weighted by atomic mass is 32.2. The Morgan fingerprint density at radius 2 is 2.15 bits per heavy atom. The summed E-state index contributed by atoms with van der Waals surface area (Å²) in [6.07, 6.45) is 3.07. The van der Waals surface area contributed by atoms with Gasteiger partial charge in [-0.2, -0.15) is 17.8 Å². The fraction of sp³-hybridized carbons (Fsp3) is 0.375. The van der Waals surface area contributed by atoms with E-state index in [0.29, 0.717) is 18.7 Å². The Morgan fingerprint density at radius 1 is 1.35 bits per heavy atom. The molecule has 9 nitrogen and oxygen atoms in total. The Kier molecular flexibility index (Phi) is 3.88. The second-order valence-corrected chi connectivity index (χ2v) is 8.22. The molecule has 1 amide bonds. The molecule has 1 fully saturated rings. The van der Waals surface area contributed by atoms with Crippen LogP contribution in [-0.4, -0.2) is 57.7 Å². The van der Waals surface area contributed by atoms with Crippen molar-refractivity contribution in [1.82, 2.24) is 19.0 Å². The van der Waals surface area contributed by atoms with Crippen molar-refractivity contribution in [2.75, 3.05) is 17.8 Å². The minimum Gasteiger partial charge on any atom is -0.465 e. The molecule has 1 aromatic carbocycles. The summed E-state index contributed by atoms with van der Waals surface area (Å²) in [5, 5.41) is 13.2. The largest absolute Gasteiger partial charge is 0.465 e. The number of benzene rings is 1. The van der Waals surface area contributed by atoms with Crippen molar-refractivity contribution in [3.8, 4) is 11.1 Å². The van der Waals surface area contributed by atoms with Crippen LogP contribution in [0.1, 0.15) is 12.0 Å². The molecule has 1 atom stereocenters. The van der Waals surface area contributed by atoms with Crippen LogP contribution in [0.3, 0.4) is 0 Å². The molecule has 2 aliphatic heterocycles. The smallest absolute Gasteiger partial charge is 0.407 e. The maximum absolute atomic E-state index is 12.7. The molecule has 0 spiro atoms. The lowest BCUT2D eigenvalue weighted by Crippen LogP contribution is -2.47. The van der Waals surface area contributed by atoms with Gasteiger partial charge in [0.2, 0.25) is 0 Å². The predicted octanol–water partition coefficient (Wildman–Crippen LogP) is 1.31. The zero-order chi connectivity index (χ0) is 18.5. The molecule has 2 N–H and O–H groups in total. The van der Waals surface area contributed by atoms with Gasteiger partial charge in [0, 0.05) is 44.5 Å². The third-order valence-corrected chi connectivity index (χ3v) is 6.39. The number of nitrogens with zero attached hydrogens (tertiary/aromatic N) is 4. The van der Waals surface area contributed by atoms with E-state index in [1.54, 1.807) is 16.9 Å². The average molecular weight is 377 g/mol. The molecule has 3 heterocycles. The first kappa shape index (κ1) is 16.9. The Hall–Kier alpha value is -2.59. The van der Waals surface area contributed by atoms with Crippen molar-refractivity contribution in [2.45, 2.75) is 19.0 Å². The third kappa shape index (κ3) is 2.90. The summed E-state index contributed by atoms with van der Waals surface area (Å²) < 4.78 is 31.1. The quantitative estimate of drug-likeness (QED) is 0.820. The number of anilines is 1. The monoisotopic (exact) mass is 377 g/mol. The van der Waals surface area contributed by atoms with Crippen LogP contribution in [0.4, 0.5) is 10.5 Å². The molecule has 2 aromatic rings. The van der Waals surface area contributed by atoms with E-state index in [1.165, 1.54) is 9.21 Å². The van der Waals surface area contributed by atoms with Gasteiger partial charge in [0.05, 0.1) is 11.9 Å². The lowest BCUT2D eigenvalue weighted by atomic mass is 10.0. The number of aryl methyl sites for hydroxylation is 1. The van der Waals surface area contributed by atoms with E-state index >= 15 is 0 Å². The molecule has 0 bridgehead atoms. The van der Waals surface area contributed by atoms with Crippen molar-refractivity contribution in [1.29, 1.82) is 0 Å². The van der Waals surface area contributed by atoms with E-state index < -0.39 is 16.3 Å². The van der Waals surface area contributed by atoms with Gasteiger partial charge in [0.15, 0.2) is 0 Å². The van der Waals surface area contributed by atoms with Crippen LogP contribution in [0.2, 0.25) is 0 Å². The number of hydrogen-bond donors (Lipinski definition) is 2. The summed E-state index contributed by atoms with van der Waals surface area (Å²) in [4.78, 5) is 12.4. The first-order chi connectivity index (χ1) is 12.3. The number of carboxylic acid groups (broad SMARTS) is 1. The second-order valence-electron chi connectivity index (χ2n) is 6.60. The van der Waals surface area contributed by atoms with Gasteiger partial charge < -0.3 is 10.0 Å². The number of rotatable bonds is 2. The van der Waals surface area contributed by atoms with Gasteiger partial charge in [-0.15, -0.1) is 0 Å². The van der Waals surface area contributed by atoms with E-state index in [9.17, 15) is 13.2 Å². The molecule has 0 saturated carbocycles. The summed E-state index contributed by atoms with van der Waals surface area (Å²) in [5.74, 6) is 0. The normalized spacial score (nSPS) is 22.0. The van der Waals surface area contributed by atoms with Gasteiger partial charge in [-0.1, -0.05) is 12.1 Å². The van der Waals surface area contributed by atoms with Crippen molar-refractivity contribution in [3.05, 3.63) is 36.2 Å². The van der Waals surface area contributed by atoms with E-state index in [4.69, 9.17) is 5.11 Å². The lowest BCUT2D eigenvalue weighted by molar-refractivity contribution is 0.152. The molecule has 4 rings (SSSR count). The molecule has 0 radical (unpaired) electrons. The molecule has 138 valence electrons. The fourth-order valence-corrected chi connectivity index (χ4v) is 4.94. The van der Waals surface area contributed by atoms with Crippen molar-refractivity contribution >= 4 is 22.0 Å². The molecule has 1 saturated heterocycles. The second kappa shape index (κ2) is 5.99. The van der Waals surface area contributed by atoms with E-state index in [-0.39, 0.29) is 19.1 Å². The van der Waals surface area contributed by atoms with Crippen LogP contribution in [0, 0.1) is 0 Å². The Balaban J connectivity index is 1.62. The van der Waals surface area contributed by atoms with Crippen LogP contribution in [0.25, 0.3) is 11.1 Å². The third-order valence-electron chi connectivity index (χ3n) is 4.86. The van der Waals surface area contributed by atoms with Gasteiger partial charge in [-0.3, -0.25) is 9.40 Å². The highest BCUT2D eigenvalue weighted by molar-refractivity contribution is 7.90. The molecule has 10 heteroatoms. The Labute approximate surface area is 151 Å². The summed E-state index contributed by atoms with van der Waals surface area (Å²) in [6.45, 7) is 0.772. The maximum Gasteiger partial charge on any atom is 0.407 e. The SMILES string of the molecule is Cn1cc(-c2ccc3c(c2)NS(=O)(=O)N([C@@H]2CCN(C(=O)O)C2)C3)cn1. The van der Waals surface area contributed by atoms with Crippen LogP contribution in [-0.2, 0) is 23.8 Å². The first-order valence-corrected chi connectivity index (χ1v) is 9.67. The molecule has 26 heavy (non-hydrogen) atoms. The van der Waals surface area contributed by atoms with Crippen LogP contribution in [0.5, 0.6) is 0 Å². The molecule has 2 aliphatic rings. The highest BCUT2D eigenvalue weighted by Crippen LogP contribution is 2.33. The Bertz CT molecular complexity index is 971. The predicted molar refractivity (Wildman–Crippen MR) is 94.7 cm³/mol. The summed E-state index contributed by atoms with van der Waals surface area (Å²) in [7, 11) is -1.90. The number of nitrogens with one attached hydrogen (secondary N) is 1. The van der Waals surface area contributed by atoms with Crippen LogP contribution < -0.4 is 4.72 Å². The molecule has 0 unspecified atom stereocenters. The highest BCUT2D eigenvalue weighted by Gasteiger charge is 2.39. The molecular formula is C16H19N5O4S. The van der Waals surface area contributed by atoms with E-state index in [1.807, 2.05) is 25.4 Å². The Morgan fingerprint density at radius 3 is 2.81 bits per heavy atom. The van der Waals surface area contributed by atoms with Crippen molar-refractivity contribution in [2.24, 2.45) is 7.05 Å². The van der Waals surface area contributed by atoms with E-state index in [2.05, 4.69) is 9.82 Å². The number of carbonyl (C=O) groups is 1. The zero-order valence-electron chi connectivity index (χ0n) is 14.2. The lowest BCUT2D eigenvalue weighted by Gasteiger charge is -2.33. The average Bonchev–Trinajstić information content (AvgIpc) is 3.22. The number of amides is 1. The maximum atomic E-state index is 12.7. The molecular weight excluding hydrogens is 358 g/mol. The van der Waals surface area contributed by atoms with Crippen molar-refractivity contribution < 1.29 is 18.3 Å². The van der Waals surface area contributed by atoms with E-state index in [0.717, 1.165) is 16.7 Å². The zero-order valence-corrected chi connectivity index (χ0v) is 15.0. The summed E-state index contributed by atoms with van der Waals surface area (Å²) in [5.41, 5.74) is 3.20.